The van der Waals surface area contributed by atoms with Crippen molar-refractivity contribution in [3.63, 3.8) is 0 Å². The molecule has 0 saturated heterocycles. The number of aliphatic hydroxyl groups is 1. The van der Waals surface area contributed by atoms with E-state index >= 15 is 0 Å². The summed E-state index contributed by atoms with van der Waals surface area (Å²) in [6.07, 6.45) is 0.762. The smallest absolute Gasteiger partial charge is 0.0953 e. The Morgan fingerprint density at radius 1 is 1.38 bits per heavy atom. The van der Waals surface area contributed by atoms with Crippen LogP contribution in [0.3, 0.4) is 0 Å². The average Bonchev–Trinajstić information content (AvgIpc) is 1.95. The van der Waals surface area contributed by atoms with Crippen molar-refractivity contribution < 1.29 is 9.84 Å². The summed E-state index contributed by atoms with van der Waals surface area (Å²) in [6, 6.07) is -0.107. The van der Waals surface area contributed by atoms with Gasteiger partial charge in [0.2, 0.25) is 0 Å². The third kappa shape index (κ3) is 6.99. The zero-order valence-electron chi connectivity index (χ0n) is 9.21. The highest BCUT2D eigenvalue weighted by Gasteiger charge is 2.15. The molecule has 0 aromatic heterocycles. The summed E-state index contributed by atoms with van der Waals surface area (Å²) in [5, 5.41) is 8.92. The Kier molecular flexibility index (Phi) is 5.53. The largest absolute Gasteiger partial charge is 0.394 e. The molecule has 0 spiro atoms. The second-order valence-corrected chi connectivity index (χ2v) is 4.76. The first kappa shape index (κ1) is 12.9. The Labute approximate surface area is 81.3 Å². The molecule has 0 amide bonds. The lowest BCUT2D eigenvalue weighted by molar-refractivity contribution is -0.00850. The van der Waals surface area contributed by atoms with Crippen molar-refractivity contribution in [3.8, 4) is 0 Å². The summed E-state index contributed by atoms with van der Waals surface area (Å²) in [5.74, 6) is 0. The van der Waals surface area contributed by atoms with Crippen molar-refractivity contribution in [2.24, 2.45) is 11.1 Å². The van der Waals surface area contributed by atoms with E-state index in [2.05, 4.69) is 20.8 Å². The minimum atomic E-state index is -0.220. The van der Waals surface area contributed by atoms with Crippen LogP contribution in [-0.4, -0.2) is 30.5 Å². The Morgan fingerprint density at radius 2 is 1.92 bits per heavy atom. The molecule has 0 fully saturated rings. The summed E-state index contributed by atoms with van der Waals surface area (Å²) in [5.41, 5.74) is 5.89. The molecule has 2 atom stereocenters. The number of ether oxygens (including phenoxy) is 1. The summed E-state index contributed by atoms with van der Waals surface area (Å²) in [7, 11) is 0. The van der Waals surface area contributed by atoms with Gasteiger partial charge in [0.15, 0.2) is 0 Å². The maximum atomic E-state index is 8.92. The van der Waals surface area contributed by atoms with E-state index in [0.29, 0.717) is 6.61 Å². The first-order valence-electron chi connectivity index (χ1n) is 4.85. The highest BCUT2D eigenvalue weighted by molar-refractivity contribution is 4.68. The quantitative estimate of drug-likeness (QED) is 0.682. The predicted octanol–water partition coefficient (Wildman–Crippen LogP) is 1.15. The van der Waals surface area contributed by atoms with E-state index in [1.165, 1.54) is 0 Å². The van der Waals surface area contributed by atoms with Crippen molar-refractivity contribution in [2.75, 3.05) is 13.2 Å². The molecule has 3 nitrogen and oxygen atoms in total. The first-order chi connectivity index (χ1) is 5.87. The fourth-order valence-corrected chi connectivity index (χ4v) is 0.887. The van der Waals surface area contributed by atoms with Crippen LogP contribution in [0.2, 0.25) is 0 Å². The minimum absolute atomic E-state index is 0.00180. The van der Waals surface area contributed by atoms with Gasteiger partial charge in [-0.05, 0) is 18.8 Å². The SMILES string of the molecule is CC(N)C(CO)OCCC(C)(C)C. The van der Waals surface area contributed by atoms with E-state index in [9.17, 15) is 0 Å². The van der Waals surface area contributed by atoms with Gasteiger partial charge in [-0.2, -0.15) is 0 Å². The van der Waals surface area contributed by atoms with E-state index in [1.807, 2.05) is 6.92 Å². The molecule has 2 unspecified atom stereocenters. The zero-order valence-corrected chi connectivity index (χ0v) is 9.21. The van der Waals surface area contributed by atoms with Gasteiger partial charge in [0.25, 0.3) is 0 Å². The molecule has 0 aromatic rings. The van der Waals surface area contributed by atoms with Gasteiger partial charge in [-0.15, -0.1) is 0 Å². The van der Waals surface area contributed by atoms with Gasteiger partial charge in [0.1, 0.15) is 0 Å². The molecular weight excluding hydrogens is 166 g/mol. The maximum Gasteiger partial charge on any atom is 0.0953 e. The van der Waals surface area contributed by atoms with Crippen LogP contribution < -0.4 is 5.73 Å². The monoisotopic (exact) mass is 189 g/mol. The summed E-state index contributed by atoms with van der Waals surface area (Å²) >= 11 is 0. The van der Waals surface area contributed by atoms with Crippen LogP contribution in [-0.2, 0) is 4.74 Å². The van der Waals surface area contributed by atoms with Gasteiger partial charge in [0.05, 0.1) is 12.7 Å². The normalized spacial score (nSPS) is 17.1. The van der Waals surface area contributed by atoms with E-state index in [4.69, 9.17) is 15.6 Å². The second kappa shape index (κ2) is 5.58. The van der Waals surface area contributed by atoms with Crippen molar-refractivity contribution in [1.82, 2.24) is 0 Å². The molecule has 0 saturated carbocycles. The lowest BCUT2D eigenvalue weighted by Gasteiger charge is -2.22. The van der Waals surface area contributed by atoms with Gasteiger partial charge >= 0.3 is 0 Å². The molecule has 0 aliphatic heterocycles. The fourth-order valence-electron chi connectivity index (χ4n) is 0.887. The molecule has 3 N–H and O–H groups in total. The Morgan fingerprint density at radius 3 is 2.23 bits per heavy atom. The van der Waals surface area contributed by atoms with Crippen LogP contribution in [0.5, 0.6) is 0 Å². The highest BCUT2D eigenvalue weighted by Crippen LogP contribution is 2.18. The third-order valence-corrected chi connectivity index (χ3v) is 1.95. The number of rotatable bonds is 5. The van der Waals surface area contributed by atoms with Crippen LogP contribution >= 0.6 is 0 Å². The molecule has 0 rings (SSSR count). The molecule has 0 radical (unpaired) electrons. The van der Waals surface area contributed by atoms with Gasteiger partial charge in [0, 0.05) is 12.6 Å². The standard InChI is InChI=1S/C10H23NO2/c1-8(11)9(7-12)13-6-5-10(2,3)4/h8-9,12H,5-7,11H2,1-4H3. The molecule has 0 heterocycles. The molecule has 0 bridgehead atoms. The number of nitrogens with two attached hydrogens (primary N) is 1. The van der Waals surface area contributed by atoms with Crippen molar-refractivity contribution >= 4 is 0 Å². The van der Waals surface area contributed by atoms with E-state index in [-0.39, 0.29) is 24.2 Å². The van der Waals surface area contributed by atoms with Gasteiger partial charge in [-0.3, -0.25) is 0 Å². The Bertz CT molecular complexity index is 129. The van der Waals surface area contributed by atoms with Crippen LogP contribution in [0.4, 0.5) is 0 Å². The Hall–Kier alpha value is -0.120. The van der Waals surface area contributed by atoms with Crippen molar-refractivity contribution in [1.29, 1.82) is 0 Å². The number of hydrogen-bond acceptors (Lipinski definition) is 3. The number of hydrogen-bond donors (Lipinski definition) is 2. The molecule has 13 heavy (non-hydrogen) atoms. The molecule has 0 aliphatic carbocycles. The van der Waals surface area contributed by atoms with Crippen LogP contribution in [0.1, 0.15) is 34.1 Å². The van der Waals surface area contributed by atoms with Crippen molar-refractivity contribution in [2.45, 2.75) is 46.3 Å². The fraction of sp³-hybridized carbons (Fsp3) is 1.00. The minimum Gasteiger partial charge on any atom is -0.394 e. The molecule has 0 aromatic carbocycles. The van der Waals surface area contributed by atoms with Gasteiger partial charge in [-0.25, -0.2) is 0 Å². The summed E-state index contributed by atoms with van der Waals surface area (Å²) in [6.45, 7) is 9.00. The van der Waals surface area contributed by atoms with Gasteiger partial charge in [-0.1, -0.05) is 20.8 Å². The molecule has 3 heteroatoms. The summed E-state index contributed by atoms with van der Waals surface area (Å²) in [4.78, 5) is 0. The van der Waals surface area contributed by atoms with Crippen molar-refractivity contribution in [3.05, 3.63) is 0 Å². The number of aliphatic hydroxyl groups excluding tert-OH is 1. The molecular formula is C10H23NO2. The lowest BCUT2D eigenvalue weighted by Crippen LogP contribution is -2.37. The molecule has 0 aliphatic rings. The van der Waals surface area contributed by atoms with Crippen LogP contribution in [0.15, 0.2) is 0 Å². The van der Waals surface area contributed by atoms with Gasteiger partial charge < -0.3 is 15.6 Å². The Balaban J connectivity index is 3.62. The maximum absolute atomic E-state index is 8.92. The average molecular weight is 189 g/mol. The third-order valence-electron chi connectivity index (χ3n) is 1.95. The lowest BCUT2D eigenvalue weighted by atomic mass is 9.93. The summed E-state index contributed by atoms with van der Waals surface area (Å²) < 4.78 is 5.45. The first-order valence-corrected chi connectivity index (χ1v) is 4.85. The topological polar surface area (TPSA) is 55.5 Å². The molecule has 80 valence electrons. The zero-order chi connectivity index (χ0) is 10.5. The van der Waals surface area contributed by atoms with E-state index < -0.39 is 0 Å². The highest BCUT2D eigenvalue weighted by atomic mass is 16.5. The van der Waals surface area contributed by atoms with E-state index in [0.717, 1.165) is 6.42 Å². The van der Waals surface area contributed by atoms with E-state index in [1.54, 1.807) is 0 Å². The second-order valence-electron chi connectivity index (χ2n) is 4.76. The predicted molar refractivity (Wildman–Crippen MR) is 54.5 cm³/mol. The van der Waals surface area contributed by atoms with Crippen LogP contribution in [0, 0.1) is 5.41 Å². The van der Waals surface area contributed by atoms with Crippen LogP contribution in [0.25, 0.3) is 0 Å².